The summed E-state index contributed by atoms with van der Waals surface area (Å²) < 4.78 is 38.2. The van der Waals surface area contributed by atoms with Gasteiger partial charge in [0.1, 0.15) is 5.75 Å². The summed E-state index contributed by atoms with van der Waals surface area (Å²) in [6.07, 6.45) is 0.817. The molecule has 0 heterocycles. The van der Waals surface area contributed by atoms with Gasteiger partial charge in [0.2, 0.25) is 0 Å². The van der Waals surface area contributed by atoms with Crippen molar-refractivity contribution in [2.24, 2.45) is 0 Å². The predicted octanol–water partition coefficient (Wildman–Crippen LogP) is 5.21. The molecule has 2 N–H and O–H groups in total. The van der Waals surface area contributed by atoms with Crippen LogP contribution in [0.15, 0.2) is 42.5 Å². The van der Waals surface area contributed by atoms with E-state index in [1.165, 1.54) is 0 Å². The summed E-state index contributed by atoms with van der Waals surface area (Å²) in [5.41, 5.74) is 0.369. The fourth-order valence-electron chi connectivity index (χ4n) is 2.06. The first-order valence-electron chi connectivity index (χ1n) is 7.25. The molecule has 0 aromatic heterocycles. The van der Waals surface area contributed by atoms with E-state index in [1.54, 1.807) is 42.5 Å². The molecule has 0 fully saturated rings. The topological polar surface area (TPSA) is 75.6 Å². The summed E-state index contributed by atoms with van der Waals surface area (Å²) in [7, 11) is -4.26. The Morgan fingerprint density at radius 1 is 1.12 bits per heavy atom. The fraction of sp³-hybridized carbons (Fsp3) is 0.250. The van der Waals surface area contributed by atoms with Crippen molar-refractivity contribution < 1.29 is 17.7 Å². The zero-order chi connectivity index (χ0) is 17.7. The summed E-state index contributed by atoms with van der Waals surface area (Å²) in [6, 6.07) is 11.5. The minimum atomic E-state index is -4.26. The van der Waals surface area contributed by atoms with E-state index < -0.39 is 15.5 Å². The summed E-state index contributed by atoms with van der Waals surface area (Å²) >= 11 is 11.8. The van der Waals surface area contributed by atoms with Gasteiger partial charge in [-0.1, -0.05) is 36.5 Å². The molecule has 5 nitrogen and oxygen atoms in total. The number of rotatable bonds is 7. The highest BCUT2D eigenvalue weighted by Gasteiger charge is 2.23. The van der Waals surface area contributed by atoms with Gasteiger partial charge in [0.05, 0.1) is 5.69 Å². The Morgan fingerprint density at radius 2 is 1.75 bits per heavy atom. The Kier molecular flexibility index (Phi) is 6.34. The second-order valence-electron chi connectivity index (χ2n) is 5.13. The number of hydrogen-bond acceptors (Lipinski definition) is 4. The summed E-state index contributed by atoms with van der Waals surface area (Å²) in [6.45, 7) is 1.82. The molecule has 0 spiro atoms. The van der Waals surface area contributed by atoms with Gasteiger partial charge in [-0.15, -0.1) is 0 Å². The lowest BCUT2D eigenvalue weighted by atomic mass is 10.2. The van der Waals surface area contributed by atoms with Crippen molar-refractivity contribution >= 4 is 39.0 Å². The van der Waals surface area contributed by atoms with Gasteiger partial charge in [-0.05, 0) is 48.9 Å². The van der Waals surface area contributed by atoms with Gasteiger partial charge >= 0.3 is 0 Å². The third kappa shape index (κ3) is 5.27. The molecular weight excluding hydrogens is 373 g/mol. The number of halogens is 2. The molecule has 2 rings (SSSR count). The molecule has 8 heteroatoms. The van der Waals surface area contributed by atoms with Crippen LogP contribution in [0.2, 0.25) is 10.0 Å². The zero-order valence-corrected chi connectivity index (χ0v) is 15.2. The van der Waals surface area contributed by atoms with Crippen LogP contribution in [0.25, 0.3) is 0 Å². The summed E-state index contributed by atoms with van der Waals surface area (Å²) in [5, 5.41) is 2.63. The molecule has 0 unspecified atom stereocenters. The third-order valence-electron chi connectivity index (χ3n) is 3.21. The molecule has 2 aromatic carbocycles. The van der Waals surface area contributed by atoms with Gasteiger partial charge in [0, 0.05) is 10.0 Å². The standard InChI is InChI=1S/C16H17Cl2NO4S/c1-2-3-16(24(20,21)22)19-14-10-12(18)6-9-15(14)23-13-7-4-11(17)5-8-13/h4-10,16,19H,2-3H2,1H3,(H,20,21,22)/t16-/m1/s1. The van der Waals surface area contributed by atoms with E-state index >= 15 is 0 Å². The Balaban J connectivity index is 2.31. The number of anilines is 1. The lowest BCUT2D eigenvalue weighted by molar-refractivity contribution is 0.465. The summed E-state index contributed by atoms with van der Waals surface area (Å²) in [5.74, 6) is 0.912. The Hall–Kier alpha value is -1.47. The van der Waals surface area contributed by atoms with Gasteiger partial charge in [-0.25, -0.2) is 0 Å². The van der Waals surface area contributed by atoms with Crippen LogP contribution in [0.4, 0.5) is 5.69 Å². The van der Waals surface area contributed by atoms with Crippen molar-refractivity contribution in [2.75, 3.05) is 5.32 Å². The smallest absolute Gasteiger partial charge is 0.286 e. The van der Waals surface area contributed by atoms with Crippen molar-refractivity contribution in [3.63, 3.8) is 0 Å². The van der Waals surface area contributed by atoms with Crippen LogP contribution in [0.5, 0.6) is 11.5 Å². The highest BCUT2D eigenvalue weighted by molar-refractivity contribution is 7.86. The lowest BCUT2D eigenvalue weighted by Crippen LogP contribution is -2.29. The fourth-order valence-corrected chi connectivity index (χ4v) is 3.17. The largest absolute Gasteiger partial charge is 0.455 e. The van der Waals surface area contributed by atoms with Crippen molar-refractivity contribution in [3.05, 3.63) is 52.5 Å². The molecule has 2 aromatic rings. The number of nitrogens with one attached hydrogen (secondary N) is 1. The average Bonchev–Trinajstić information content (AvgIpc) is 2.50. The Labute approximate surface area is 151 Å². The van der Waals surface area contributed by atoms with E-state index in [4.69, 9.17) is 27.9 Å². The lowest BCUT2D eigenvalue weighted by Gasteiger charge is -2.19. The van der Waals surface area contributed by atoms with Crippen molar-refractivity contribution in [3.8, 4) is 11.5 Å². The molecule has 0 amide bonds. The van der Waals surface area contributed by atoms with Crippen LogP contribution in [-0.2, 0) is 10.1 Å². The molecule has 24 heavy (non-hydrogen) atoms. The van der Waals surface area contributed by atoms with Gasteiger partial charge in [0.25, 0.3) is 10.1 Å². The zero-order valence-electron chi connectivity index (χ0n) is 12.9. The minimum Gasteiger partial charge on any atom is -0.455 e. The molecule has 1 atom stereocenters. The van der Waals surface area contributed by atoms with Crippen molar-refractivity contribution in [2.45, 2.75) is 25.1 Å². The maximum Gasteiger partial charge on any atom is 0.286 e. The van der Waals surface area contributed by atoms with E-state index in [-0.39, 0.29) is 6.42 Å². The van der Waals surface area contributed by atoms with Crippen LogP contribution in [-0.4, -0.2) is 18.3 Å². The van der Waals surface area contributed by atoms with Gasteiger partial charge < -0.3 is 10.1 Å². The van der Waals surface area contributed by atoms with E-state index in [2.05, 4.69) is 5.32 Å². The second kappa shape index (κ2) is 8.07. The quantitative estimate of drug-likeness (QED) is 0.635. The third-order valence-corrected chi connectivity index (χ3v) is 4.77. The van der Waals surface area contributed by atoms with Gasteiger partial charge in [-0.3, -0.25) is 4.55 Å². The molecule has 130 valence electrons. The maximum absolute atomic E-state index is 11.5. The highest BCUT2D eigenvalue weighted by Crippen LogP contribution is 2.33. The van der Waals surface area contributed by atoms with E-state index in [0.717, 1.165) is 0 Å². The normalized spacial score (nSPS) is 12.7. The molecular formula is C16H17Cl2NO4S. The van der Waals surface area contributed by atoms with Crippen LogP contribution >= 0.6 is 23.2 Å². The monoisotopic (exact) mass is 389 g/mol. The Morgan fingerprint density at radius 3 is 2.33 bits per heavy atom. The predicted molar refractivity (Wildman–Crippen MR) is 96.8 cm³/mol. The number of hydrogen-bond donors (Lipinski definition) is 2. The van der Waals surface area contributed by atoms with Crippen molar-refractivity contribution in [1.82, 2.24) is 0 Å². The number of benzene rings is 2. The molecule has 0 aliphatic carbocycles. The number of ether oxygens (including phenoxy) is 1. The second-order valence-corrected chi connectivity index (χ2v) is 7.60. The SMILES string of the molecule is CCC[C@H](Nc1cc(Cl)ccc1Oc1ccc(Cl)cc1)S(=O)(=O)O. The first kappa shape index (κ1) is 18.9. The molecule has 0 radical (unpaired) electrons. The molecule has 0 aliphatic heterocycles. The van der Waals surface area contributed by atoms with E-state index in [9.17, 15) is 13.0 Å². The average molecular weight is 390 g/mol. The minimum absolute atomic E-state index is 0.242. The highest BCUT2D eigenvalue weighted by atomic mass is 35.5. The van der Waals surface area contributed by atoms with E-state index in [0.29, 0.717) is 33.7 Å². The molecule has 0 aliphatic rings. The summed E-state index contributed by atoms with van der Waals surface area (Å²) in [4.78, 5) is 0. The molecule has 0 saturated carbocycles. The van der Waals surface area contributed by atoms with Crippen LogP contribution < -0.4 is 10.1 Å². The van der Waals surface area contributed by atoms with Gasteiger partial charge in [-0.2, -0.15) is 8.42 Å². The maximum atomic E-state index is 11.5. The van der Waals surface area contributed by atoms with Crippen molar-refractivity contribution in [1.29, 1.82) is 0 Å². The van der Waals surface area contributed by atoms with E-state index in [1.807, 2.05) is 6.92 Å². The van der Waals surface area contributed by atoms with Gasteiger partial charge in [0.15, 0.2) is 11.1 Å². The van der Waals surface area contributed by atoms with Crippen LogP contribution in [0.3, 0.4) is 0 Å². The Bertz CT molecular complexity index is 794. The first-order chi connectivity index (χ1) is 11.3. The van der Waals surface area contributed by atoms with Crippen LogP contribution in [0, 0.1) is 0 Å². The first-order valence-corrected chi connectivity index (χ1v) is 9.51. The molecule has 0 saturated heterocycles. The van der Waals surface area contributed by atoms with Crippen LogP contribution in [0.1, 0.15) is 19.8 Å². The molecule has 0 bridgehead atoms.